The predicted octanol–water partition coefficient (Wildman–Crippen LogP) is 1.61. The second kappa shape index (κ2) is 8.39. The van der Waals surface area contributed by atoms with E-state index in [1.165, 1.54) is 22.7 Å². The number of carbonyl (C=O) groups is 3. The fourth-order valence-corrected chi connectivity index (χ4v) is 2.93. The molecule has 1 N–H and O–H groups in total. The van der Waals surface area contributed by atoms with Crippen molar-refractivity contribution in [2.24, 2.45) is 0 Å². The van der Waals surface area contributed by atoms with E-state index in [-0.39, 0.29) is 30.7 Å². The Labute approximate surface area is 144 Å². The highest BCUT2D eigenvalue weighted by atomic mass is 32.2. The van der Waals surface area contributed by atoms with Crippen LogP contribution in [0.15, 0.2) is 35.4 Å². The van der Waals surface area contributed by atoms with Crippen molar-refractivity contribution in [2.75, 3.05) is 31.3 Å². The minimum Gasteiger partial charge on any atom is -0.497 e. The zero-order valence-corrected chi connectivity index (χ0v) is 14.2. The molecule has 1 saturated heterocycles. The van der Waals surface area contributed by atoms with Crippen LogP contribution in [0.5, 0.6) is 5.75 Å². The van der Waals surface area contributed by atoms with Gasteiger partial charge in [-0.2, -0.15) is 0 Å². The van der Waals surface area contributed by atoms with Crippen LogP contribution >= 0.6 is 11.8 Å². The van der Waals surface area contributed by atoms with E-state index in [4.69, 9.17) is 9.47 Å². The van der Waals surface area contributed by atoms with Gasteiger partial charge in [-0.25, -0.2) is 4.79 Å². The van der Waals surface area contributed by atoms with Gasteiger partial charge in [0, 0.05) is 5.69 Å². The van der Waals surface area contributed by atoms with E-state index in [9.17, 15) is 14.4 Å². The maximum Gasteiger partial charge on any atom is 0.333 e. The number of ether oxygens (including phenoxy) is 2. The molecule has 0 unspecified atom stereocenters. The number of hydrogen-bond acceptors (Lipinski definition) is 6. The van der Waals surface area contributed by atoms with Crippen molar-refractivity contribution in [1.29, 1.82) is 0 Å². The van der Waals surface area contributed by atoms with Crippen molar-refractivity contribution >= 4 is 35.2 Å². The first kappa shape index (κ1) is 17.9. The summed E-state index contributed by atoms with van der Waals surface area (Å²) >= 11 is 1.21. The smallest absolute Gasteiger partial charge is 0.333 e. The van der Waals surface area contributed by atoms with Crippen LogP contribution in [0, 0.1) is 0 Å². The van der Waals surface area contributed by atoms with E-state index in [0.29, 0.717) is 16.5 Å². The van der Waals surface area contributed by atoms with E-state index in [1.807, 2.05) is 0 Å². The molecule has 0 radical (unpaired) electrons. The van der Waals surface area contributed by atoms with Gasteiger partial charge < -0.3 is 14.8 Å². The van der Waals surface area contributed by atoms with Crippen LogP contribution in [-0.2, 0) is 19.1 Å². The third kappa shape index (κ3) is 4.76. The molecule has 1 aromatic carbocycles. The molecule has 1 aromatic rings. The van der Waals surface area contributed by atoms with Gasteiger partial charge in [0.05, 0.1) is 30.6 Å². The lowest BCUT2D eigenvalue weighted by atomic mass is 10.3. The third-order valence-corrected chi connectivity index (χ3v) is 4.14. The average Bonchev–Trinajstić information content (AvgIpc) is 2.89. The Bertz CT molecular complexity index is 657. The van der Waals surface area contributed by atoms with Crippen molar-refractivity contribution in [1.82, 2.24) is 4.90 Å². The Morgan fingerprint density at radius 3 is 2.67 bits per heavy atom. The third-order valence-electron chi connectivity index (χ3n) is 3.11. The largest absolute Gasteiger partial charge is 0.497 e. The number of hydrogen-bond donors (Lipinski definition) is 1. The quantitative estimate of drug-likeness (QED) is 0.620. The van der Waals surface area contributed by atoms with Crippen molar-refractivity contribution < 1.29 is 23.9 Å². The number of nitrogens with one attached hydrogen (secondary N) is 1. The minimum absolute atomic E-state index is 0.164. The minimum atomic E-state index is -0.532. The number of nitrogens with zero attached hydrogens (tertiary/aromatic N) is 1. The summed E-state index contributed by atoms with van der Waals surface area (Å²) in [5, 5.41) is 3.12. The van der Waals surface area contributed by atoms with E-state index < -0.39 is 5.97 Å². The molecule has 128 valence electrons. The van der Waals surface area contributed by atoms with E-state index >= 15 is 0 Å². The summed E-state index contributed by atoms with van der Waals surface area (Å²) in [5.41, 5.74) is 0.594. The molecule has 0 saturated carbocycles. The van der Waals surface area contributed by atoms with Gasteiger partial charge in [-0.15, -0.1) is 0 Å². The number of esters is 1. The Balaban J connectivity index is 1.99. The molecule has 24 heavy (non-hydrogen) atoms. The van der Waals surface area contributed by atoms with Crippen LogP contribution in [0.1, 0.15) is 6.92 Å². The van der Waals surface area contributed by atoms with E-state index in [2.05, 4.69) is 5.32 Å². The van der Waals surface area contributed by atoms with Crippen LogP contribution in [0.2, 0.25) is 0 Å². The van der Waals surface area contributed by atoms with Crippen molar-refractivity contribution in [3.63, 3.8) is 0 Å². The molecule has 0 atom stereocenters. The molecule has 1 fully saturated rings. The molecule has 2 rings (SSSR count). The van der Waals surface area contributed by atoms with Crippen molar-refractivity contribution in [2.45, 2.75) is 6.92 Å². The summed E-state index contributed by atoms with van der Waals surface area (Å²) in [7, 11) is 1.56. The normalized spacial score (nSPS) is 15.5. The Kier molecular flexibility index (Phi) is 6.25. The number of rotatable bonds is 6. The lowest BCUT2D eigenvalue weighted by Crippen LogP contribution is -2.34. The maximum absolute atomic E-state index is 12.1. The molecular weight excluding hydrogens is 332 g/mol. The standard InChI is InChI=1S/C16H18N2O5S/c1-3-23-16(21)8-15-18(14(20)10-24-15)9-13(19)17-11-4-6-12(22-2)7-5-11/h4-8H,3,9-10H2,1-2H3,(H,17,19)/b15-8-. The Morgan fingerprint density at radius 1 is 1.33 bits per heavy atom. The maximum atomic E-state index is 12.1. The second-order valence-corrected chi connectivity index (χ2v) is 5.78. The highest BCUT2D eigenvalue weighted by Gasteiger charge is 2.29. The Morgan fingerprint density at radius 2 is 2.04 bits per heavy atom. The zero-order chi connectivity index (χ0) is 17.5. The lowest BCUT2D eigenvalue weighted by Gasteiger charge is -2.16. The number of amides is 2. The number of methoxy groups -OCH3 is 1. The first-order chi connectivity index (χ1) is 11.5. The second-order valence-electron chi connectivity index (χ2n) is 4.78. The van der Waals surface area contributed by atoms with Gasteiger partial charge in [-0.05, 0) is 31.2 Å². The van der Waals surface area contributed by atoms with Gasteiger partial charge in [0.25, 0.3) is 0 Å². The molecule has 0 aliphatic carbocycles. The molecule has 0 spiro atoms. The van der Waals surface area contributed by atoms with E-state index in [1.54, 1.807) is 38.3 Å². The highest BCUT2D eigenvalue weighted by molar-refractivity contribution is 8.04. The average molecular weight is 350 g/mol. The molecule has 1 aliphatic heterocycles. The molecule has 1 aliphatic rings. The molecule has 2 amide bonds. The topological polar surface area (TPSA) is 84.9 Å². The molecule has 0 bridgehead atoms. The Hall–Kier alpha value is -2.48. The monoisotopic (exact) mass is 350 g/mol. The summed E-state index contributed by atoms with van der Waals surface area (Å²) < 4.78 is 9.88. The summed E-state index contributed by atoms with van der Waals surface area (Å²) in [6.07, 6.45) is 1.24. The molecule has 7 nitrogen and oxygen atoms in total. The van der Waals surface area contributed by atoms with Crippen LogP contribution in [-0.4, -0.2) is 48.7 Å². The number of thioether (sulfide) groups is 1. The van der Waals surface area contributed by atoms with Gasteiger partial charge in [0.1, 0.15) is 12.3 Å². The molecule has 8 heteroatoms. The predicted molar refractivity (Wildman–Crippen MR) is 90.5 cm³/mol. The summed E-state index contributed by atoms with van der Waals surface area (Å²) in [6.45, 7) is 1.78. The van der Waals surface area contributed by atoms with Gasteiger partial charge in [0.2, 0.25) is 11.8 Å². The van der Waals surface area contributed by atoms with E-state index in [0.717, 1.165) is 0 Å². The fourth-order valence-electron chi connectivity index (χ4n) is 2.00. The van der Waals surface area contributed by atoms with Crippen LogP contribution in [0.4, 0.5) is 5.69 Å². The van der Waals surface area contributed by atoms with Crippen LogP contribution in [0.3, 0.4) is 0 Å². The molecule has 1 heterocycles. The van der Waals surface area contributed by atoms with Crippen LogP contribution in [0.25, 0.3) is 0 Å². The number of anilines is 1. The van der Waals surface area contributed by atoms with Gasteiger partial charge in [-0.1, -0.05) is 11.8 Å². The van der Waals surface area contributed by atoms with Gasteiger partial charge in [-0.3, -0.25) is 14.5 Å². The first-order valence-electron chi connectivity index (χ1n) is 7.29. The fraction of sp³-hybridized carbons (Fsp3) is 0.312. The van der Waals surface area contributed by atoms with Gasteiger partial charge >= 0.3 is 5.97 Å². The van der Waals surface area contributed by atoms with Crippen LogP contribution < -0.4 is 10.1 Å². The molecular formula is C16H18N2O5S. The summed E-state index contributed by atoms with van der Waals surface area (Å²) in [6, 6.07) is 6.84. The summed E-state index contributed by atoms with van der Waals surface area (Å²) in [5.74, 6) is -0.235. The zero-order valence-electron chi connectivity index (χ0n) is 13.4. The molecule has 0 aromatic heterocycles. The van der Waals surface area contributed by atoms with Crippen molar-refractivity contribution in [3.8, 4) is 5.75 Å². The summed E-state index contributed by atoms with van der Waals surface area (Å²) in [4.78, 5) is 36.9. The van der Waals surface area contributed by atoms with Gasteiger partial charge in [0.15, 0.2) is 0 Å². The number of benzene rings is 1. The number of carbonyl (C=O) groups excluding carboxylic acids is 3. The van der Waals surface area contributed by atoms with Crippen molar-refractivity contribution in [3.05, 3.63) is 35.4 Å². The lowest BCUT2D eigenvalue weighted by molar-refractivity contribution is -0.137. The highest BCUT2D eigenvalue weighted by Crippen LogP contribution is 2.28. The SMILES string of the molecule is CCOC(=O)/C=C1\SCC(=O)N1CC(=O)Nc1ccc(OC)cc1. The first-order valence-corrected chi connectivity index (χ1v) is 8.27.